The summed E-state index contributed by atoms with van der Waals surface area (Å²) in [6, 6.07) is 6.84. The SMILES string of the molecule is Cc1cc(F)cc(-c2nccnc2C(=O)N(CCc2c[nH]c3cc(F)c(F)cc23)CC2CC2)c1. The molecule has 1 saturated carbocycles. The van der Waals surface area contributed by atoms with E-state index in [2.05, 4.69) is 15.0 Å². The van der Waals surface area contributed by atoms with Crippen LogP contribution in [0.15, 0.2) is 48.9 Å². The van der Waals surface area contributed by atoms with Crippen molar-refractivity contribution >= 4 is 16.8 Å². The van der Waals surface area contributed by atoms with E-state index in [-0.39, 0.29) is 11.6 Å². The van der Waals surface area contributed by atoms with E-state index in [1.807, 2.05) is 0 Å². The van der Waals surface area contributed by atoms with Crippen molar-refractivity contribution in [1.29, 1.82) is 0 Å². The van der Waals surface area contributed by atoms with Gasteiger partial charge >= 0.3 is 0 Å². The van der Waals surface area contributed by atoms with Crippen LogP contribution in [-0.4, -0.2) is 38.8 Å². The van der Waals surface area contributed by atoms with Gasteiger partial charge in [0.05, 0.1) is 0 Å². The smallest absolute Gasteiger partial charge is 0.274 e. The number of carbonyl (C=O) groups is 1. The highest BCUT2D eigenvalue weighted by molar-refractivity contribution is 5.98. The zero-order valence-electron chi connectivity index (χ0n) is 18.6. The maximum Gasteiger partial charge on any atom is 0.274 e. The lowest BCUT2D eigenvalue weighted by Gasteiger charge is -2.23. The Balaban J connectivity index is 1.43. The van der Waals surface area contributed by atoms with Crippen molar-refractivity contribution < 1.29 is 18.0 Å². The van der Waals surface area contributed by atoms with Crippen LogP contribution in [0.3, 0.4) is 0 Å². The summed E-state index contributed by atoms with van der Waals surface area (Å²) in [6.07, 6.45) is 7.22. The number of fused-ring (bicyclic) bond motifs is 1. The molecule has 2 aromatic carbocycles. The lowest BCUT2D eigenvalue weighted by molar-refractivity contribution is 0.0744. The minimum atomic E-state index is -0.908. The van der Waals surface area contributed by atoms with Gasteiger partial charge in [0.25, 0.3) is 5.91 Å². The van der Waals surface area contributed by atoms with Gasteiger partial charge in [-0.3, -0.25) is 9.78 Å². The summed E-state index contributed by atoms with van der Waals surface area (Å²) in [4.78, 5) is 27.0. The van der Waals surface area contributed by atoms with Crippen LogP contribution in [0.25, 0.3) is 22.2 Å². The number of hydrogen-bond acceptors (Lipinski definition) is 3. The standard InChI is InChI=1S/C26H23F3N4O/c1-15-8-18(10-19(27)9-15)24-25(31-6-5-30-24)26(34)33(14-16-2-3-16)7-4-17-13-32-23-12-22(29)21(28)11-20(17)23/h5-6,8-13,16,32H,2-4,7,14H2,1H3. The highest BCUT2D eigenvalue weighted by Gasteiger charge is 2.29. The van der Waals surface area contributed by atoms with Crippen molar-refractivity contribution in [3.8, 4) is 11.3 Å². The minimum Gasteiger partial charge on any atom is -0.361 e. The molecule has 4 aromatic rings. The molecule has 1 aliphatic rings. The maximum atomic E-state index is 14.0. The van der Waals surface area contributed by atoms with Gasteiger partial charge in [0, 0.05) is 54.2 Å². The average molecular weight is 464 g/mol. The van der Waals surface area contributed by atoms with Crippen LogP contribution < -0.4 is 0 Å². The molecule has 8 heteroatoms. The molecule has 5 nitrogen and oxygen atoms in total. The third-order valence-electron chi connectivity index (χ3n) is 6.14. The van der Waals surface area contributed by atoms with Crippen LogP contribution in [0.5, 0.6) is 0 Å². The Kier molecular flexibility index (Phi) is 5.81. The van der Waals surface area contributed by atoms with Crippen LogP contribution in [0.4, 0.5) is 13.2 Å². The van der Waals surface area contributed by atoms with Gasteiger partial charge in [0.2, 0.25) is 0 Å². The van der Waals surface area contributed by atoms with E-state index < -0.39 is 17.5 Å². The second-order valence-corrected chi connectivity index (χ2v) is 8.84. The molecule has 0 radical (unpaired) electrons. The van der Waals surface area contributed by atoms with Gasteiger partial charge < -0.3 is 9.88 Å². The number of rotatable bonds is 7. The number of aromatic amines is 1. The Morgan fingerprint density at radius 1 is 1.06 bits per heavy atom. The third-order valence-corrected chi connectivity index (χ3v) is 6.14. The van der Waals surface area contributed by atoms with Crippen LogP contribution in [0.1, 0.15) is 34.5 Å². The second-order valence-electron chi connectivity index (χ2n) is 8.84. The van der Waals surface area contributed by atoms with Crippen LogP contribution in [0, 0.1) is 30.3 Å². The summed E-state index contributed by atoms with van der Waals surface area (Å²) in [5.41, 5.74) is 3.02. The van der Waals surface area contributed by atoms with Crippen LogP contribution >= 0.6 is 0 Å². The normalized spacial score (nSPS) is 13.4. The number of nitrogens with zero attached hydrogens (tertiary/aromatic N) is 3. The number of aryl methyl sites for hydroxylation is 1. The molecular formula is C26H23F3N4O. The van der Waals surface area contributed by atoms with Crippen molar-refractivity contribution in [3.05, 3.63) is 83.2 Å². The molecule has 34 heavy (non-hydrogen) atoms. The molecule has 0 spiro atoms. The molecular weight excluding hydrogens is 441 g/mol. The predicted octanol–water partition coefficient (Wildman–Crippen LogP) is 5.45. The molecule has 1 aliphatic carbocycles. The number of nitrogens with one attached hydrogen (secondary N) is 1. The molecule has 1 amide bonds. The average Bonchev–Trinajstić information content (AvgIpc) is 3.56. The van der Waals surface area contributed by atoms with Crippen molar-refractivity contribution in [2.24, 2.45) is 5.92 Å². The fraction of sp³-hybridized carbons (Fsp3) is 0.269. The Hall–Kier alpha value is -3.68. The summed E-state index contributed by atoms with van der Waals surface area (Å²) in [7, 11) is 0. The number of halogens is 3. The van der Waals surface area contributed by atoms with Crippen LogP contribution in [0.2, 0.25) is 0 Å². The van der Waals surface area contributed by atoms with Crippen LogP contribution in [-0.2, 0) is 6.42 Å². The monoisotopic (exact) mass is 464 g/mol. The maximum absolute atomic E-state index is 14.0. The third kappa shape index (κ3) is 4.53. The number of carbonyl (C=O) groups excluding carboxylic acids is 1. The van der Waals surface area contributed by atoms with E-state index in [1.165, 1.54) is 30.6 Å². The number of benzene rings is 2. The number of hydrogen-bond donors (Lipinski definition) is 1. The first-order valence-corrected chi connectivity index (χ1v) is 11.2. The molecule has 0 unspecified atom stereocenters. The molecule has 0 saturated heterocycles. The van der Waals surface area contributed by atoms with Gasteiger partial charge in [-0.2, -0.15) is 0 Å². The molecule has 0 aliphatic heterocycles. The van der Waals surface area contributed by atoms with Gasteiger partial charge in [-0.05, 0) is 67.5 Å². The summed E-state index contributed by atoms with van der Waals surface area (Å²) in [6.45, 7) is 2.72. The van der Waals surface area contributed by atoms with Crippen molar-refractivity contribution in [2.45, 2.75) is 26.2 Å². The first-order valence-electron chi connectivity index (χ1n) is 11.2. The zero-order chi connectivity index (χ0) is 23.8. The van der Waals surface area contributed by atoms with Gasteiger partial charge in [0.15, 0.2) is 17.3 Å². The Morgan fingerprint density at radius 2 is 1.82 bits per heavy atom. The summed E-state index contributed by atoms with van der Waals surface area (Å²) < 4.78 is 41.4. The minimum absolute atomic E-state index is 0.167. The van der Waals surface area contributed by atoms with Crippen molar-refractivity contribution in [3.63, 3.8) is 0 Å². The first kappa shape index (κ1) is 22.1. The fourth-order valence-corrected chi connectivity index (χ4v) is 4.25. The highest BCUT2D eigenvalue weighted by atomic mass is 19.2. The van der Waals surface area contributed by atoms with E-state index in [4.69, 9.17) is 0 Å². The molecule has 1 N–H and O–H groups in total. The Bertz CT molecular complexity index is 1360. The van der Waals surface area contributed by atoms with Crippen molar-refractivity contribution in [1.82, 2.24) is 19.9 Å². The topological polar surface area (TPSA) is 61.9 Å². The zero-order valence-corrected chi connectivity index (χ0v) is 18.6. The highest BCUT2D eigenvalue weighted by Crippen LogP contribution is 2.31. The Morgan fingerprint density at radius 3 is 2.59 bits per heavy atom. The lowest BCUT2D eigenvalue weighted by atomic mass is 10.1. The number of amides is 1. The lowest BCUT2D eigenvalue weighted by Crippen LogP contribution is -2.35. The van der Waals surface area contributed by atoms with Gasteiger partial charge in [-0.15, -0.1) is 0 Å². The van der Waals surface area contributed by atoms with E-state index in [0.29, 0.717) is 47.6 Å². The summed E-state index contributed by atoms with van der Waals surface area (Å²) in [5.74, 6) is -2.08. The molecule has 2 aromatic heterocycles. The molecule has 2 heterocycles. The first-order chi connectivity index (χ1) is 16.4. The molecule has 174 valence electrons. The molecule has 0 atom stereocenters. The van der Waals surface area contributed by atoms with E-state index in [9.17, 15) is 18.0 Å². The molecule has 0 bridgehead atoms. The molecule has 1 fully saturated rings. The number of aromatic nitrogens is 3. The van der Waals surface area contributed by atoms with Gasteiger partial charge in [-0.25, -0.2) is 18.2 Å². The largest absolute Gasteiger partial charge is 0.361 e. The quantitative estimate of drug-likeness (QED) is 0.396. The van der Waals surface area contributed by atoms with Gasteiger partial charge in [0.1, 0.15) is 11.5 Å². The Labute approximate surface area is 194 Å². The molecule has 5 rings (SSSR count). The second kappa shape index (κ2) is 8.93. The van der Waals surface area contributed by atoms with Crippen molar-refractivity contribution in [2.75, 3.05) is 13.1 Å². The summed E-state index contributed by atoms with van der Waals surface area (Å²) >= 11 is 0. The fourth-order valence-electron chi connectivity index (χ4n) is 4.25. The summed E-state index contributed by atoms with van der Waals surface area (Å²) in [5, 5.41) is 0.591. The number of H-pyrrole nitrogens is 1. The predicted molar refractivity (Wildman–Crippen MR) is 123 cm³/mol. The van der Waals surface area contributed by atoms with E-state index >= 15 is 0 Å². The van der Waals surface area contributed by atoms with Gasteiger partial charge in [-0.1, -0.05) is 0 Å². The van der Waals surface area contributed by atoms with E-state index in [0.717, 1.165) is 30.0 Å². The van der Waals surface area contributed by atoms with E-state index in [1.54, 1.807) is 24.1 Å².